The van der Waals surface area contributed by atoms with E-state index in [4.69, 9.17) is 9.26 Å². The fraction of sp³-hybridized carbons (Fsp3) is 0.750. The summed E-state index contributed by atoms with van der Waals surface area (Å²) in [7, 11) is 1.81. The van der Waals surface area contributed by atoms with Crippen molar-refractivity contribution < 1.29 is 9.26 Å². The second kappa shape index (κ2) is 8.86. The van der Waals surface area contributed by atoms with Gasteiger partial charge in [0.15, 0.2) is 11.7 Å². The zero-order chi connectivity index (χ0) is 16.2. The number of ether oxygens (including phenoxy) is 1. The highest BCUT2D eigenvalue weighted by molar-refractivity contribution is 14.0. The normalized spacial score (nSPS) is 17.1. The Bertz CT molecular complexity index is 502. The number of rotatable bonds is 3. The van der Waals surface area contributed by atoms with Crippen molar-refractivity contribution in [3.05, 3.63) is 17.5 Å². The Morgan fingerprint density at radius 3 is 2.57 bits per heavy atom. The molecule has 1 aromatic heterocycles. The molecule has 0 atom stereocenters. The van der Waals surface area contributed by atoms with Gasteiger partial charge < -0.3 is 19.5 Å². The molecule has 0 aliphatic carbocycles. The quantitative estimate of drug-likeness (QED) is 0.449. The van der Waals surface area contributed by atoms with Crippen LogP contribution in [0.4, 0.5) is 0 Å². The van der Waals surface area contributed by atoms with E-state index >= 15 is 0 Å². The van der Waals surface area contributed by atoms with Crippen molar-refractivity contribution in [2.24, 2.45) is 4.99 Å². The van der Waals surface area contributed by atoms with Crippen LogP contribution in [0.2, 0.25) is 0 Å². The number of aryl methyl sites for hydroxylation is 1. The molecule has 0 bridgehead atoms. The van der Waals surface area contributed by atoms with E-state index in [2.05, 4.69) is 41.1 Å². The van der Waals surface area contributed by atoms with Gasteiger partial charge >= 0.3 is 0 Å². The molecule has 0 saturated carbocycles. The van der Waals surface area contributed by atoms with Crippen LogP contribution in [0.5, 0.6) is 0 Å². The first kappa shape index (κ1) is 20.2. The van der Waals surface area contributed by atoms with Crippen LogP contribution in [0.25, 0.3) is 0 Å². The van der Waals surface area contributed by atoms with E-state index in [0.29, 0.717) is 12.6 Å². The molecule has 23 heavy (non-hydrogen) atoms. The summed E-state index contributed by atoms with van der Waals surface area (Å²) >= 11 is 0. The highest BCUT2D eigenvalue weighted by atomic mass is 127. The molecule has 1 aliphatic heterocycles. The fourth-order valence-corrected chi connectivity index (χ4v) is 2.68. The maximum absolute atomic E-state index is 6.06. The van der Waals surface area contributed by atoms with Crippen molar-refractivity contribution >= 4 is 29.9 Å². The van der Waals surface area contributed by atoms with Crippen LogP contribution in [0, 0.1) is 6.92 Å². The number of aromatic nitrogens is 1. The first-order valence-electron chi connectivity index (χ1n) is 7.93. The van der Waals surface area contributed by atoms with Crippen molar-refractivity contribution in [2.75, 3.05) is 20.1 Å². The van der Waals surface area contributed by atoms with E-state index in [1.165, 1.54) is 0 Å². The predicted octanol–water partition coefficient (Wildman–Crippen LogP) is 2.96. The third-order valence-corrected chi connectivity index (χ3v) is 3.57. The minimum absolute atomic E-state index is 0. The highest BCUT2D eigenvalue weighted by Gasteiger charge is 2.25. The molecule has 2 heterocycles. The summed E-state index contributed by atoms with van der Waals surface area (Å²) in [6.45, 7) is 10.8. The molecule has 0 amide bonds. The van der Waals surface area contributed by atoms with Gasteiger partial charge in [0.25, 0.3) is 0 Å². The van der Waals surface area contributed by atoms with E-state index in [9.17, 15) is 0 Å². The van der Waals surface area contributed by atoms with Crippen molar-refractivity contribution in [2.45, 2.75) is 58.8 Å². The van der Waals surface area contributed by atoms with Gasteiger partial charge in [0.2, 0.25) is 0 Å². The largest absolute Gasteiger partial charge is 0.372 e. The summed E-state index contributed by atoms with van der Waals surface area (Å²) in [5.74, 6) is 1.73. The highest BCUT2D eigenvalue weighted by Crippen LogP contribution is 2.20. The molecule has 1 N–H and O–H groups in total. The number of guanidine groups is 1. The zero-order valence-corrected chi connectivity index (χ0v) is 17.1. The fourth-order valence-electron chi connectivity index (χ4n) is 2.68. The summed E-state index contributed by atoms with van der Waals surface area (Å²) < 4.78 is 11.3. The van der Waals surface area contributed by atoms with Gasteiger partial charge in [0.1, 0.15) is 0 Å². The Hall–Kier alpha value is -0.830. The number of halogens is 1. The summed E-state index contributed by atoms with van der Waals surface area (Å²) in [5.41, 5.74) is 0.823. The van der Waals surface area contributed by atoms with Gasteiger partial charge in [0, 0.05) is 26.2 Å². The molecule has 132 valence electrons. The second-order valence-corrected chi connectivity index (χ2v) is 6.75. The molecule has 0 radical (unpaired) electrons. The molecule has 1 aromatic rings. The Labute approximate surface area is 156 Å². The predicted molar refractivity (Wildman–Crippen MR) is 102 cm³/mol. The average molecular weight is 436 g/mol. The molecule has 1 saturated heterocycles. The summed E-state index contributed by atoms with van der Waals surface area (Å²) in [4.78, 5) is 6.63. The summed E-state index contributed by atoms with van der Waals surface area (Å²) in [5, 5.41) is 7.23. The van der Waals surface area contributed by atoms with E-state index in [1.807, 2.05) is 20.0 Å². The van der Waals surface area contributed by atoms with Crippen LogP contribution < -0.4 is 5.32 Å². The van der Waals surface area contributed by atoms with Gasteiger partial charge in [-0.2, -0.15) is 0 Å². The Kier molecular flexibility index (Phi) is 7.79. The van der Waals surface area contributed by atoms with E-state index < -0.39 is 0 Å². The van der Waals surface area contributed by atoms with Crippen LogP contribution in [0.15, 0.2) is 15.6 Å². The van der Waals surface area contributed by atoms with Gasteiger partial charge in [0.05, 0.1) is 23.9 Å². The van der Waals surface area contributed by atoms with E-state index in [1.54, 1.807) is 0 Å². The van der Waals surface area contributed by atoms with Crippen LogP contribution in [-0.2, 0) is 11.3 Å². The third-order valence-electron chi connectivity index (χ3n) is 3.57. The molecule has 0 spiro atoms. The molecule has 1 aliphatic rings. The van der Waals surface area contributed by atoms with Crippen molar-refractivity contribution in [3.8, 4) is 0 Å². The Morgan fingerprint density at radius 2 is 2.09 bits per heavy atom. The van der Waals surface area contributed by atoms with E-state index in [0.717, 1.165) is 43.3 Å². The van der Waals surface area contributed by atoms with Crippen LogP contribution in [0.1, 0.15) is 45.1 Å². The van der Waals surface area contributed by atoms with Gasteiger partial charge in [-0.3, -0.25) is 4.99 Å². The number of aliphatic imine (C=N–C) groups is 1. The third kappa shape index (κ3) is 6.66. The minimum atomic E-state index is -0.0725. The molecule has 0 aromatic carbocycles. The van der Waals surface area contributed by atoms with Crippen LogP contribution in [-0.4, -0.2) is 47.9 Å². The maximum Gasteiger partial charge on any atom is 0.194 e. The Morgan fingerprint density at radius 1 is 1.43 bits per heavy atom. The number of nitrogens with zero attached hydrogens (tertiary/aromatic N) is 3. The lowest BCUT2D eigenvalue weighted by molar-refractivity contribution is -0.0773. The van der Waals surface area contributed by atoms with Crippen molar-refractivity contribution in [3.63, 3.8) is 0 Å². The second-order valence-electron chi connectivity index (χ2n) is 6.75. The lowest BCUT2D eigenvalue weighted by atomic mass is 10.1. The maximum atomic E-state index is 6.06. The Balaban J connectivity index is 0.00000264. The SMILES string of the molecule is CN=C(NCc1cc(C)no1)N1CCC(OC(C)(C)C)CC1.I. The van der Waals surface area contributed by atoms with Gasteiger partial charge in [-0.05, 0) is 40.5 Å². The lowest BCUT2D eigenvalue weighted by Crippen LogP contribution is -2.47. The minimum Gasteiger partial charge on any atom is -0.372 e. The average Bonchev–Trinajstić information content (AvgIpc) is 2.85. The first-order chi connectivity index (χ1) is 10.4. The molecule has 2 rings (SSSR count). The van der Waals surface area contributed by atoms with Crippen molar-refractivity contribution in [1.29, 1.82) is 0 Å². The lowest BCUT2D eigenvalue weighted by Gasteiger charge is -2.36. The monoisotopic (exact) mass is 436 g/mol. The number of hydrogen-bond acceptors (Lipinski definition) is 4. The van der Waals surface area contributed by atoms with Crippen LogP contribution in [0.3, 0.4) is 0 Å². The van der Waals surface area contributed by atoms with Crippen LogP contribution >= 0.6 is 24.0 Å². The molecule has 6 nitrogen and oxygen atoms in total. The zero-order valence-electron chi connectivity index (χ0n) is 14.8. The van der Waals surface area contributed by atoms with Gasteiger partial charge in [-0.25, -0.2) is 0 Å². The smallest absolute Gasteiger partial charge is 0.194 e. The number of likely N-dealkylation sites (tertiary alicyclic amines) is 1. The molecular formula is C16H29IN4O2. The summed E-state index contributed by atoms with van der Waals surface area (Å²) in [6.07, 6.45) is 2.39. The number of nitrogens with one attached hydrogen (secondary N) is 1. The molecular weight excluding hydrogens is 407 g/mol. The first-order valence-corrected chi connectivity index (χ1v) is 7.93. The van der Waals surface area contributed by atoms with Gasteiger partial charge in [-0.1, -0.05) is 5.16 Å². The molecule has 7 heteroatoms. The van der Waals surface area contributed by atoms with E-state index in [-0.39, 0.29) is 29.6 Å². The topological polar surface area (TPSA) is 62.9 Å². The number of piperidine rings is 1. The van der Waals surface area contributed by atoms with Gasteiger partial charge in [-0.15, -0.1) is 24.0 Å². The number of hydrogen-bond donors (Lipinski definition) is 1. The summed E-state index contributed by atoms with van der Waals surface area (Å²) in [6, 6.07) is 1.93. The molecule has 1 fully saturated rings. The van der Waals surface area contributed by atoms with Crippen molar-refractivity contribution in [1.82, 2.24) is 15.4 Å². The standard InChI is InChI=1S/C16H28N4O2.HI/c1-12-10-14(22-19-12)11-18-15(17-5)20-8-6-13(7-9-20)21-16(2,3)4;/h10,13H,6-9,11H2,1-5H3,(H,17,18);1H. The molecule has 0 unspecified atom stereocenters.